The quantitative estimate of drug-likeness (QED) is 0.771. The molecule has 6 nitrogen and oxygen atoms in total. The summed E-state index contributed by atoms with van der Waals surface area (Å²) in [7, 11) is 0. The Bertz CT molecular complexity index is 731. The van der Waals surface area contributed by atoms with E-state index in [2.05, 4.69) is 9.97 Å². The van der Waals surface area contributed by atoms with Crippen molar-refractivity contribution in [2.75, 3.05) is 31.2 Å². The fraction of sp³-hybridized carbons (Fsp3) is 0.333. The minimum Gasteiger partial charge on any atom is -0.378 e. The molecule has 2 heterocycles. The van der Waals surface area contributed by atoms with Crippen molar-refractivity contribution >= 4 is 16.6 Å². The van der Waals surface area contributed by atoms with Crippen molar-refractivity contribution in [3.63, 3.8) is 0 Å². The highest BCUT2D eigenvalue weighted by Gasteiger charge is 2.16. The number of halogens is 1. The molecule has 0 bridgehead atoms. The summed E-state index contributed by atoms with van der Waals surface area (Å²) >= 11 is 0. The fourth-order valence-corrected chi connectivity index (χ4v) is 2.22. The van der Waals surface area contributed by atoms with Crippen molar-refractivity contribution in [1.82, 2.24) is 9.97 Å². The number of aromatic amines is 2. The van der Waals surface area contributed by atoms with Crippen LogP contribution in [0, 0.1) is 5.82 Å². The smallest absolute Gasteiger partial charge is 0.326 e. The van der Waals surface area contributed by atoms with E-state index >= 15 is 0 Å². The second kappa shape index (κ2) is 4.51. The summed E-state index contributed by atoms with van der Waals surface area (Å²) in [5.74, 6) is -0.480. The molecule has 7 heteroatoms. The van der Waals surface area contributed by atoms with Crippen LogP contribution in [-0.2, 0) is 4.74 Å². The lowest BCUT2D eigenvalue weighted by Crippen LogP contribution is -2.36. The first-order valence-corrected chi connectivity index (χ1v) is 5.94. The summed E-state index contributed by atoms with van der Waals surface area (Å²) < 4.78 is 19.3. The predicted octanol–water partition coefficient (Wildman–Crippen LogP) is 0.192. The fourth-order valence-electron chi connectivity index (χ4n) is 2.22. The first-order chi connectivity index (χ1) is 9.15. The summed E-state index contributed by atoms with van der Waals surface area (Å²) in [5, 5.41) is 0.133. The Kier molecular flexibility index (Phi) is 2.83. The lowest BCUT2D eigenvalue weighted by Gasteiger charge is -2.29. The van der Waals surface area contributed by atoms with Crippen LogP contribution in [0.25, 0.3) is 10.9 Å². The van der Waals surface area contributed by atoms with Gasteiger partial charge in [0.25, 0.3) is 5.56 Å². The average Bonchev–Trinajstić information content (AvgIpc) is 2.40. The number of fused-ring (bicyclic) bond motifs is 1. The Morgan fingerprint density at radius 3 is 2.63 bits per heavy atom. The van der Waals surface area contributed by atoms with Crippen LogP contribution in [0.15, 0.2) is 21.7 Å². The Morgan fingerprint density at radius 1 is 1.16 bits per heavy atom. The number of anilines is 1. The van der Waals surface area contributed by atoms with E-state index in [1.807, 2.05) is 4.90 Å². The molecular formula is C12H12FN3O3. The molecule has 0 unspecified atom stereocenters. The topological polar surface area (TPSA) is 78.2 Å². The second-order valence-corrected chi connectivity index (χ2v) is 4.36. The lowest BCUT2D eigenvalue weighted by molar-refractivity contribution is 0.122. The van der Waals surface area contributed by atoms with E-state index in [4.69, 9.17) is 4.74 Å². The number of benzene rings is 1. The van der Waals surface area contributed by atoms with Gasteiger partial charge in [-0.3, -0.25) is 9.78 Å². The van der Waals surface area contributed by atoms with Gasteiger partial charge in [-0.2, -0.15) is 0 Å². The molecule has 0 radical (unpaired) electrons. The number of H-pyrrole nitrogens is 2. The third kappa shape index (κ3) is 2.12. The zero-order valence-electron chi connectivity index (χ0n) is 10.0. The van der Waals surface area contributed by atoms with E-state index in [1.54, 1.807) is 0 Å². The minimum absolute atomic E-state index is 0.133. The maximum absolute atomic E-state index is 14.1. The van der Waals surface area contributed by atoms with Crippen LogP contribution in [0.5, 0.6) is 0 Å². The normalized spacial score (nSPS) is 15.9. The third-order valence-electron chi connectivity index (χ3n) is 3.16. The molecule has 0 amide bonds. The van der Waals surface area contributed by atoms with Crippen LogP contribution in [0.1, 0.15) is 0 Å². The van der Waals surface area contributed by atoms with Crippen LogP contribution < -0.4 is 16.1 Å². The van der Waals surface area contributed by atoms with Crippen molar-refractivity contribution in [3.8, 4) is 0 Å². The molecule has 0 spiro atoms. The summed E-state index contributed by atoms with van der Waals surface area (Å²) in [5.41, 5.74) is -0.489. The van der Waals surface area contributed by atoms with Gasteiger partial charge < -0.3 is 14.6 Å². The average molecular weight is 265 g/mol. The Morgan fingerprint density at radius 2 is 1.89 bits per heavy atom. The maximum Gasteiger partial charge on any atom is 0.326 e. The number of ether oxygens (including phenoxy) is 1. The summed E-state index contributed by atoms with van der Waals surface area (Å²) in [6.07, 6.45) is 0. The molecule has 1 fully saturated rings. The molecule has 0 saturated carbocycles. The second-order valence-electron chi connectivity index (χ2n) is 4.36. The molecule has 19 heavy (non-hydrogen) atoms. The van der Waals surface area contributed by atoms with Gasteiger partial charge in [0.2, 0.25) is 0 Å². The molecule has 2 aromatic rings. The van der Waals surface area contributed by atoms with Crippen LogP contribution in [0.2, 0.25) is 0 Å². The summed E-state index contributed by atoms with van der Waals surface area (Å²) in [6.45, 7) is 2.22. The molecule has 100 valence electrons. The highest BCUT2D eigenvalue weighted by Crippen LogP contribution is 2.23. The maximum atomic E-state index is 14.1. The number of rotatable bonds is 1. The van der Waals surface area contributed by atoms with Crippen molar-refractivity contribution in [2.45, 2.75) is 0 Å². The lowest BCUT2D eigenvalue weighted by atomic mass is 10.2. The van der Waals surface area contributed by atoms with Crippen LogP contribution in [-0.4, -0.2) is 36.3 Å². The van der Waals surface area contributed by atoms with E-state index in [0.717, 1.165) is 6.07 Å². The molecule has 1 saturated heterocycles. The molecule has 1 aromatic carbocycles. The third-order valence-corrected chi connectivity index (χ3v) is 3.16. The van der Waals surface area contributed by atoms with Gasteiger partial charge in [-0.1, -0.05) is 0 Å². The van der Waals surface area contributed by atoms with Crippen LogP contribution in [0.3, 0.4) is 0 Å². The standard InChI is InChI=1S/C12H12FN3O3/c13-8-5-7-9(14-12(18)15-11(7)17)6-10(8)16-1-3-19-4-2-16/h5-6H,1-4H2,(H2,14,15,17,18). The largest absolute Gasteiger partial charge is 0.378 e. The highest BCUT2D eigenvalue weighted by molar-refractivity contribution is 5.81. The monoisotopic (exact) mass is 265 g/mol. The van der Waals surface area contributed by atoms with Crippen molar-refractivity contribution in [3.05, 3.63) is 38.8 Å². The summed E-state index contributed by atoms with van der Waals surface area (Å²) in [4.78, 5) is 29.2. The summed E-state index contributed by atoms with van der Waals surface area (Å²) in [6, 6.07) is 2.64. The van der Waals surface area contributed by atoms with E-state index in [0.29, 0.717) is 37.5 Å². The zero-order valence-corrected chi connectivity index (χ0v) is 10.0. The molecular weight excluding hydrogens is 253 g/mol. The number of morpholine rings is 1. The van der Waals surface area contributed by atoms with Gasteiger partial charge in [-0.15, -0.1) is 0 Å². The minimum atomic E-state index is -0.600. The Labute approximate surface area is 106 Å². The number of aromatic nitrogens is 2. The van der Waals surface area contributed by atoms with Crippen LogP contribution in [0.4, 0.5) is 10.1 Å². The molecule has 1 aliphatic heterocycles. The van der Waals surface area contributed by atoms with E-state index in [-0.39, 0.29) is 5.39 Å². The van der Waals surface area contributed by atoms with Crippen LogP contribution >= 0.6 is 0 Å². The van der Waals surface area contributed by atoms with Gasteiger partial charge >= 0.3 is 5.69 Å². The highest BCUT2D eigenvalue weighted by atomic mass is 19.1. The van der Waals surface area contributed by atoms with Crippen molar-refractivity contribution < 1.29 is 9.13 Å². The Hall–Kier alpha value is -2.15. The number of nitrogens with one attached hydrogen (secondary N) is 2. The zero-order chi connectivity index (χ0) is 13.4. The van der Waals surface area contributed by atoms with Crippen molar-refractivity contribution in [1.29, 1.82) is 0 Å². The van der Waals surface area contributed by atoms with Crippen molar-refractivity contribution in [2.24, 2.45) is 0 Å². The Balaban J connectivity index is 2.18. The van der Waals surface area contributed by atoms with E-state index in [9.17, 15) is 14.0 Å². The first kappa shape index (κ1) is 11.9. The predicted molar refractivity (Wildman–Crippen MR) is 68.2 cm³/mol. The first-order valence-electron chi connectivity index (χ1n) is 5.94. The van der Waals surface area contributed by atoms with E-state index < -0.39 is 17.1 Å². The number of hydrogen-bond donors (Lipinski definition) is 2. The number of nitrogens with zero attached hydrogens (tertiary/aromatic N) is 1. The van der Waals surface area contributed by atoms with Gasteiger partial charge in [-0.05, 0) is 12.1 Å². The van der Waals surface area contributed by atoms with Gasteiger partial charge in [0, 0.05) is 13.1 Å². The van der Waals surface area contributed by atoms with Gasteiger partial charge in [0.05, 0.1) is 29.8 Å². The molecule has 1 aromatic heterocycles. The van der Waals surface area contributed by atoms with Gasteiger partial charge in [0.1, 0.15) is 5.82 Å². The molecule has 1 aliphatic rings. The molecule has 2 N–H and O–H groups in total. The SMILES string of the molecule is O=c1[nH]c(=O)c2cc(F)c(N3CCOCC3)cc2[nH]1. The van der Waals surface area contributed by atoms with E-state index in [1.165, 1.54) is 6.07 Å². The number of hydrogen-bond acceptors (Lipinski definition) is 4. The molecule has 0 aliphatic carbocycles. The van der Waals surface area contributed by atoms with Gasteiger partial charge in [-0.25, -0.2) is 9.18 Å². The molecule has 0 atom stereocenters. The van der Waals surface area contributed by atoms with Gasteiger partial charge in [0.15, 0.2) is 0 Å². The molecule has 3 rings (SSSR count).